The molecule has 0 bridgehead atoms. The molecule has 0 spiro atoms. The SMILES string of the molecule is NC(=O)c1nc(-c2cccc3ccccc23)c2ccccc2n1. The fourth-order valence-electron chi connectivity index (χ4n) is 2.82. The van der Waals surface area contributed by atoms with Gasteiger partial charge in [0.05, 0.1) is 11.2 Å². The number of benzene rings is 3. The Morgan fingerprint density at radius 3 is 2.30 bits per heavy atom. The van der Waals surface area contributed by atoms with Crippen molar-refractivity contribution in [2.24, 2.45) is 5.73 Å². The molecule has 0 fully saturated rings. The van der Waals surface area contributed by atoms with Crippen LogP contribution < -0.4 is 5.73 Å². The Labute approximate surface area is 132 Å². The highest BCUT2D eigenvalue weighted by atomic mass is 16.1. The molecule has 0 unspecified atom stereocenters. The molecule has 23 heavy (non-hydrogen) atoms. The maximum atomic E-state index is 11.6. The lowest BCUT2D eigenvalue weighted by molar-refractivity contribution is 0.0991. The number of aromatic nitrogens is 2. The summed E-state index contributed by atoms with van der Waals surface area (Å²) in [5.41, 5.74) is 7.79. The van der Waals surface area contributed by atoms with Crippen LogP contribution in [0.1, 0.15) is 10.6 Å². The molecule has 4 aromatic rings. The van der Waals surface area contributed by atoms with Crippen LogP contribution in [-0.2, 0) is 0 Å². The number of primary amides is 1. The molecular formula is C19H13N3O. The zero-order chi connectivity index (χ0) is 15.8. The predicted molar refractivity (Wildman–Crippen MR) is 91.0 cm³/mol. The highest BCUT2D eigenvalue weighted by Crippen LogP contribution is 2.31. The largest absolute Gasteiger partial charge is 0.363 e. The van der Waals surface area contributed by atoms with E-state index in [0.29, 0.717) is 5.52 Å². The normalized spacial score (nSPS) is 11.0. The minimum Gasteiger partial charge on any atom is -0.363 e. The Kier molecular flexibility index (Phi) is 3.01. The average molecular weight is 299 g/mol. The van der Waals surface area contributed by atoms with E-state index in [4.69, 9.17) is 5.73 Å². The molecule has 0 aliphatic carbocycles. The summed E-state index contributed by atoms with van der Waals surface area (Å²) in [4.78, 5) is 20.3. The lowest BCUT2D eigenvalue weighted by Gasteiger charge is -2.10. The van der Waals surface area contributed by atoms with Gasteiger partial charge in [-0.25, -0.2) is 9.97 Å². The minimum atomic E-state index is -0.628. The van der Waals surface area contributed by atoms with Crippen molar-refractivity contribution in [3.63, 3.8) is 0 Å². The highest BCUT2D eigenvalue weighted by molar-refractivity contribution is 6.04. The average Bonchev–Trinajstić information content (AvgIpc) is 2.60. The van der Waals surface area contributed by atoms with Crippen LogP contribution in [0.2, 0.25) is 0 Å². The van der Waals surface area contributed by atoms with Crippen molar-refractivity contribution in [3.05, 3.63) is 72.6 Å². The number of hydrogen-bond acceptors (Lipinski definition) is 3. The van der Waals surface area contributed by atoms with Gasteiger partial charge in [0.2, 0.25) is 5.82 Å². The number of fused-ring (bicyclic) bond motifs is 2. The maximum Gasteiger partial charge on any atom is 0.286 e. The second-order valence-electron chi connectivity index (χ2n) is 5.30. The van der Waals surface area contributed by atoms with Gasteiger partial charge < -0.3 is 5.73 Å². The molecule has 0 aliphatic rings. The summed E-state index contributed by atoms with van der Waals surface area (Å²) < 4.78 is 0. The number of hydrogen-bond donors (Lipinski definition) is 1. The first-order valence-electron chi connectivity index (χ1n) is 7.29. The third kappa shape index (κ3) is 2.21. The van der Waals surface area contributed by atoms with Gasteiger partial charge in [0.1, 0.15) is 0 Å². The summed E-state index contributed by atoms with van der Waals surface area (Å²) in [6, 6.07) is 21.8. The molecule has 2 N–H and O–H groups in total. The zero-order valence-corrected chi connectivity index (χ0v) is 12.2. The number of nitrogens with zero attached hydrogens (tertiary/aromatic N) is 2. The summed E-state index contributed by atoms with van der Waals surface area (Å²) in [5, 5.41) is 3.09. The van der Waals surface area contributed by atoms with E-state index in [1.54, 1.807) is 0 Å². The van der Waals surface area contributed by atoms with Crippen molar-refractivity contribution in [1.29, 1.82) is 0 Å². The molecule has 4 heteroatoms. The van der Waals surface area contributed by atoms with E-state index in [1.807, 2.05) is 54.6 Å². The van der Waals surface area contributed by atoms with Crippen molar-refractivity contribution in [2.75, 3.05) is 0 Å². The van der Waals surface area contributed by atoms with Gasteiger partial charge in [0.15, 0.2) is 0 Å². The van der Waals surface area contributed by atoms with Crippen molar-refractivity contribution < 1.29 is 4.79 Å². The number of nitrogens with two attached hydrogens (primary N) is 1. The van der Waals surface area contributed by atoms with Crippen LogP contribution in [-0.4, -0.2) is 15.9 Å². The van der Waals surface area contributed by atoms with Crippen molar-refractivity contribution in [1.82, 2.24) is 9.97 Å². The van der Waals surface area contributed by atoms with Crippen LogP contribution in [0.25, 0.3) is 32.9 Å². The van der Waals surface area contributed by atoms with Gasteiger partial charge in [-0.2, -0.15) is 0 Å². The molecule has 4 rings (SSSR count). The molecule has 0 saturated heterocycles. The highest BCUT2D eigenvalue weighted by Gasteiger charge is 2.14. The fraction of sp³-hybridized carbons (Fsp3) is 0. The number of carbonyl (C=O) groups is 1. The zero-order valence-electron chi connectivity index (χ0n) is 12.2. The van der Waals surface area contributed by atoms with Gasteiger partial charge in [-0.05, 0) is 16.8 Å². The van der Waals surface area contributed by atoms with Crippen LogP contribution in [0.15, 0.2) is 66.7 Å². The maximum absolute atomic E-state index is 11.6. The molecule has 1 aromatic heterocycles. The van der Waals surface area contributed by atoms with E-state index in [1.165, 1.54) is 0 Å². The predicted octanol–water partition coefficient (Wildman–Crippen LogP) is 3.55. The number of amides is 1. The Balaban J connectivity index is 2.13. The number of para-hydroxylation sites is 1. The van der Waals surface area contributed by atoms with E-state index in [2.05, 4.69) is 22.1 Å². The van der Waals surface area contributed by atoms with Gasteiger partial charge in [-0.1, -0.05) is 60.7 Å². The van der Waals surface area contributed by atoms with E-state index in [9.17, 15) is 4.79 Å². The standard InChI is InChI=1S/C19H13N3O/c20-18(23)19-21-16-11-4-3-9-15(16)17(22-19)14-10-5-7-12-6-1-2-8-13(12)14/h1-11H,(H2,20,23). The second-order valence-corrected chi connectivity index (χ2v) is 5.30. The molecule has 0 radical (unpaired) electrons. The molecular weight excluding hydrogens is 286 g/mol. The van der Waals surface area contributed by atoms with E-state index >= 15 is 0 Å². The second kappa shape index (κ2) is 5.18. The monoisotopic (exact) mass is 299 g/mol. The summed E-state index contributed by atoms with van der Waals surface area (Å²) in [5.74, 6) is -0.594. The molecule has 4 nitrogen and oxygen atoms in total. The van der Waals surface area contributed by atoms with Crippen LogP contribution in [0.4, 0.5) is 0 Å². The van der Waals surface area contributed by atoms with Gasteiger partial charge in [0, 0.05) is 10.9 Å². The molecule has 110 valence electrons. The topological polar surface area (TPSA) is 68.9 Å². The third-order valence-electron chi connectivity index (χ3n) is 3.87. The fourth-order valence-corrected chi connectivity index (χ4v) is 2.82. The summed E-state index contributed by atoms with van der Waals surface area (Å²) >= 11 is 0. The van der Waals surface area contributed by atoms with E-state index in [-0.39, 0.29) is 5.82 Å². The molecule has 1 heterocycles. The van der Waals surface area contributed by atoms with E-state index in [0.717, 1.165) is 27.4 Å². The van der Waals surface area contributed by atoms with Gasteiger partial charge in [-0.15, -0.1) is 0 Å². The van der Waals surface area contributed by atoms with Gasteiger partial charge >= 0.3 is 0 Å². The van der Waals surface area contributed by atoms with Crippen molar-refractivity contribution in [2.45, 2.75) is 0 Å². The van der Waals surface area contributed by atoms with Crippen molar-refractivity contribution >= 4 is 27.6 Å². The van der Waals surface area contributed by atoms with Crippen LogP contribution in [0.5, 0.6) is 0 Å². The smallest absolute Gasteiger partial charge is 0.286 e. The lowest BCUT2D eigenvalue weighted by atomic mass is 9.99. The Morgan fingerprint density at radius 1 is 0.783 bits per heavy atom. The van der Waals surface area contributed by atoms with Crippen molar-refractivity contribution in [3.8, 4) is 11.3 Å². The molecule has 0 atom stereocenters. The Bertz CT molecular complexity index is 1050. The van der Waals surface area contributed by atoms with Crippen LogP contribution in [0.3, 0.4) is 0 Å². The number of rotatable bonds is 2. The van der Waals surface area contributed by atoms with Crippen LogP contribution in [0, 0.1) is 0 Å². The molecule has 0 saturated carbocycles. The summed E-state index contributed by atoms with van der Waals surface area (Å²) in [7, 11) is 0. The van der Waals surface area contributed by atoms with Gasteiger partial charge in [0.25, 0.3) is 5.91 Å². The third-order valence-corrected chi connectivity index (χ3v) is 3.87. The van der Waals surface area contributed by atoms with E-state index < -0.39 is 5.91 Å². The Morgan fingerprint density at radius 2 is 1.48 bits per heavy atom. The summed E-state index contributed by atoms with van der Waals surface area (Å²) in [6.45, 7) is 0. The lowest BCUT2D eigenvalue weighted by Crippen LogP contribution is -2.15. The minimum absolute atomic E-state index is 0.0339. The van der Waals surface area contributed by atoms with Crippen LogP contribution >= 0.6 is 0 Å². The molecule has 1 amide bonds. The van der Waals surface area contributed by atoms with Gasteiger partial charge in [-0.3, -0.25) is 4.79 Å². The first-order valence-corrected chi connectivity index (χ1v) is 7.29. The first kappa shape index (κ1) is 13.4. The Hall–Kier alpha value is -3.27. The number of carbonyl (C=O) groups excluding carboxylic acids is 1. The quantitative estimate of drug-likeness (QED) is 0.615. The first-order chi connectivity index (χ1) is 11.2. The molecule has 0 aliphatic heterocycles. The molecule has 3 aromatic carbocycles. The summed E-state index contributed by atoms with van der Waals surface area (Å²) in [6.07, 6.45) is 0.